The standard InChI is InChI=1S/C20H23N5O5/c21-18-15-19(23-8-22-18)25(9-24-15)20-17(28)16(27)14(30-20)7-29-13-6-2-3-10-11(13)4-1-5-12(10)26/h1,4-5,8-9,13-14,16-17,20,26-28H,2-3,6-7H2,(H2,21,22,23)/t13?,14-,16-,17-,20-/m1/s1. The minimum atomic E-state index is -1.19. The number of anilines is 1. The minimum absolute atomic E-state index is 0.0955. The van der Waals surface area contributed by atoms with E-state index in [4.69, 9.17) is 15.2 Å². The summed E-state index contributed by atoms with van der Waals surface area (Å²) in [5.74, 6) is 0.507. The normalized spacial score (nSPS) is 28.7. The first-order chi connectivity index (χ1) is 14.5. The number of phenols is 1. The first-order valence-corrected chi connectivity index (χ1v) is 9.91. The monoisotopic (exact) mass is 413 g/mol. The summed E-state index contributed by atoms with van der Waals surface area (Å²) in [5, 5.41) is 31.2. The fourth-order valence-electron chi connectivity index (χ4n) is 4.32. The van der Waals surface area contributed by atoms with Crippen LogP contribution in [0, 0.1) is 0 Å². The molecule has 1 aliphatic heterocycles. The third kappa shape index (κ3) is 3.08. The summed E-state index contributed by atoms with van der Waals surface area (Å²) >= 11 is 0. The summed E-state index contributed by atoms with van der Waals surface area (Å²) in [7, 11) is 0. The van der Waals surface area contributed by atoms with Crippen molar-refractivity contribution in [3.63, 3.8) is 0 Å². The van der Waals surface area contributed by atoms with Crippen molar-refractivity contribution in [1.29, 1.82) is 0 Å². The Hall–Kier alpha value is -2.79. The molecule has 5 N–H and O–H groups in total. The highest BCUT2D eigenvalue weighted by atomic mass is 16.6. The largest absolute Gasteiger partial charge is 0.508 e. The lowest BCUT2D eigenvalue weighted by Gasteiger charge is -2.27. The topological polar surface area (TPSA) is 149 Å². The zero-order chi connectivity index (χ0) is 20.8. The van der Waals surface area contributed by atoms with Crippen LogP contribution in [0.15, 0.2) is 30.9 Å². The molecular weight excluding hydrogens is 390 g/mol. The molecule has 3 heterocycles. The number of phenolic OH excluding ortho intramolecular Hbond substituents is 1. The Labute approximate surface area is 171 Å². The average Bonchev–Trinajstić information content (AvgIpc) is 3.29. The van der Waals surface area contributed by atoms with Gasteiger partial charge >= 0.3 is 0 Å². The molecule has 1 unspecified atom stereocenters. The molecule has 5 rings (SSSR count). The van der Waals surface area contributed by atoms with Gasteiger partial charge in [0.2, 0.25) is 0 Å². The molecule has 10 nitrogen and oxygen atoms in total. The summed E-state index contributed by atoms with van der Waals surface area (Å²) in [4.78, 5) is 12.3. The van der Waals surface area contributed by atoms with E-state index >= 15 is 0 Å². The molecular formula is C20H23N5O5. The predicted molar refractivity (Wildman–Crippen MR) is 105 cm³/mol. The van der Waals surface area contributed by atoms with Gasteiger partial charge in [-0.15, -0.1) is 0 Å². The van der Waals surface area contributed by atoms with E-state index in [0.717, 1.165) is 30.4 Å². The first kappa shape index (κ1) is 19.2. The molecule has 2 aliphatic rings. The maximum absolute atomic E-state index is 10.6. The lowest BCUT2D eigenvalue weighted by Crippen LogP contribution is -2.34. The van der Waals surface area contributed by atoms with Crippen LogP contribution in [0.3, 0.4) is 0 Å². The number of rotatable bonds is 4. The van der Waals surface area contributed by atoms with Gasteiger partial charge in [0.15, 0.2) is 17.7 Å². The Kier molecular flexibility index (Phi) is 4.78. The molecule has 0 radical (unpaired) electrons. The maximum atomic E-state index is 10.6. The van der Waals surface area contributed by atoms with Crippen molar-refractivity contribution in [2.45, 2.75) is 49.9 Å². The lowest BCUT2D eigenvalue weighted by atomic mass is 9.88. The van der Waals surface area contributed by atoms with E-state index in [-0.39, 0.29) is 24.3 Å². The molecule has 3 aromatic rings. The Balaban J connectivity index is 1.33. The minimum Gasteiger partial charge on any atom is -0.508 e. The average molecular weight is 413 g/mol. The van der Waals surface area contributed by atoms with Gasteiger partial charge in [-0.2, -0.15) is 0 Å². The zero-order valence-electron chi connectivity index (χ0n) is 16.1. The molecule has 1 aliphatic carbocycles. The molecule has 2 aromatic heterocycles. The number of nitrogens with zero attached hydrogens (tertiary/aromatic N) is 4. The molecule has 30 heavy (non-hydrogen) atoms. The highest BCUT2D eigenvalue weighted by Crippen LogP contribution is 2.38. The second kappa shape index (κ2) is 7.47. The summed E-state index contributed by atoms with van der Waals surface area (Å²) in [5.41, 5.74) is 8.50. The second-order valence-electron chi connectivity index (χ2n) is 7.69. The number of aliphatic hydroxyl groups is 2. The molecule has 5 atom stereocenters. The van der Waals surface area contributed by atoms with Gasteiger partial charge in [-0.25, -0.2) is 15.0 Å². The highest BCUT2D eigenvalue weighted by molar-refractivity contribution is 5.81. The second-order valence-corrected chi connectivity index (χ2v) is 7.69. The number of aromatic hydroxyl groups is 1. The Bertz CT molecular complexity index is 1070. The van der Waals surface area contributed by atoms with Gasteiger partial charge in [0, 0.05) is 0 Å². The number of aromatic nitrogens is 4. The van der Waals surface area contributed by atoms with E-state index in [1.807, 2.05) is 6.07 Å². The maximum Gasteiger partial charge on any atom is 0.167 e. The van der Waals surface area contributed by atoms with Crippen molar-refractivity contribution in [3.05, 3.63) is 42.0 Å². The van der Waals surface area contributed by atoms with Gasteiger partial charge in [-0.1, -0.05) is 12.1 Å². The predicted octanol–water partition coefficient (Wildman–Crippen LogP) is 0.827. The van der Waals surface area contributed by atoms with Crippen LogP contribution in [-0.4, -0.2) is 59.8 Å². The summed E-state index contributed by atoms with van der Waals surface area (Å²) in [6.45, 7) is 0.0955. The number of benzene rings is 1. The molecule has 1 fully saturated rings. The number of imidazole rings is 1. The van der Waals surface area contributed by atoms with Gasteiger partial charge in [0.25, 0.3) is 0 Å². The fourth-order valence-corrected chi connectivity index (χ4v) is 4.32. The molecule has 0 saturated carbocycles. The summed E-state index contributed by atoms with van der Waals surface area (Å²) in [6.07, 6.45) is 1.15. The Morgan fingerprint density at radius 2 is 2.07 bits per heavy atom. The van der Waals surface area contributed by atoms with Crippen molar-refractivity contribution in [3.8, 4) is 5.75 Å². The highest BCUT2D eigenvalue weighted by Gasteiger charge is 2.44. The van der Waals surface area contributed by atoms with E-state index in [2.05, 4.69) is 15.0 Å². The van der Waals surface area contributed by atoms with Crippen LogP contribution in [0.25, 0.3) is 11.2 Å². The quantitative estimate of drug-likeness (QED) is 0.488. The van der Waals surface area contributed by atoms with Crippen molar-refractivity contribution < 1.29 is 24.8 Å². The number of hydrogen-bond donors (Lipinski definition) is 4. The Morgan fingerprint density at radius 1 is 1.20 bits per heavy atom. The first-order valence-electron chi connectivity index (χ1n) is 9.91. The van der Waals surface area contributed by atoms with E-state index in [1.165, 1.54) is 17.2 Å². The number of hydrogen-bond acceptors (Lipinski definition) is 9. The van der Waals surface area contributed by atoms with Gasteiger partial charge in [0.05, 0.1) is 19.0 Å². The van der Waals surface area contributed by atoms with Gasteiger partial charge in [0.1, 0.15) is 35.9 Å². The van der Waals surface area contributed by atoms with E-state index in [9.17, 15) is 15.3 Å². The van der Waals surface area contributed by atoms with Crippen LogP contribution in [0.4, 0.5) is 5.82 Å². The third-order valence-corrected chi connectivity index (χ3v) is 5.89. The molecule has 10 heteroatoms. The fraction of sp³-hybridized carbons (Fsp3) is 0.450. The van der Waals surface area contributed by atoms with E-state index < -0.39 is 24.5 Å². The number of fused-ring (bicyclic) bond motifs is 2. The number of nitrogens with two attached hydrogens (primary N) is 1. The smallest absolute Gasteiger partial charge is 0.167 e. The lowest BCUT2D eigenvalue weighted by molar-refractivity contribution is -0.0842. The number of nitrogen functional groups attached to an aromatic ring is 1. The Morgan fingerprint density at radius 3 is 2.93 bits per heavy atom. The van der Waals surface area contributed by atoms with Crippen LogP contribution >= 0.6 is 0 Å². The third-order valence-electron chi connectivity index (χ3n) is 5.89. The van der Waals surface area contributed by atoms with Crippen LogP contribution in [0.1, 0.15) is 36.3 Å². The molecule has 1 aromatic carbocycles. The summed E-state index contributed by atoms with van der Waals surface area (Å²) < 4.78 is 13.5. The van der Waals surface area contributed by atoms with Crippen molar-refractivity contribution in [1.82, 2.24) is 19.5 Å². The SMILES string of the molecule is Nc1ncnc2c1ncn2[C@@H]1O[C@H](COC2CCCc3c(O)cccc32)[C@@H](O)[C@H]1O. The number of ether oxygens (including phenoxy) is 2. The molecule has 1 saturated heterocycles. The molecule has 0 amide bonds. The zero-order valence-corrected chi connectivity index (χ0v) is 16.1. The van der Waals surface area contributed by atoms with Crippen LogP contribution in [-0.2, 0) is 15.9 Å². The molecule has 0 spiro atoms. The molecule has 0 bridgehead atoms. The van der Waals surface area contributed by atoms with Crippen molar-refractivity contribution in [2.75, 3.05) is 12.3 Å². The van der Waals surface area contributed by atoms with E-state index in [1.54, 1.807) is 12.1 Å². The van der Waals surface area contributed by atoms with E-state index in [0.29, 0.717) is 11.2 Å². The van der Waals surface area contributed by atoms with Crippen molar-refractivity contribution in [2.24, 2.45) is 0 Å². The van der Waals surface area contributed by atoms with Crippen LogP contribution in [0.5, 0.6) is 5.75 Å². The van der Waals surface area contributed by atoms with Crippen LogP contribution in [0.2, 0.25) is 0 Å². The van der Waals surface area contributed by atoms with Gasteiger partial charge in [-0.3, -0.25) is 4.57 Å². The number of aliphatic hydroxyl groups excluding tert-OH is 2. The van der Waals surface area contributed by atoms with Crippen molar-refractivity contribution >= 4 is 17.0 Å². The summed E-state index contributed by atoms with van der Waals surface area (Å²) in [6, 6.07) is 5.43. The van der Waals surface area contributed by atoms with Crippen LogP contribution < -0.4 is 5.73 Å². The van der Waals surface area contributed by atoms with Gasteiger partial charge < -0.3 is 30.5 Å². The molecule has 158 valence electrons. The van der Waals surface area contributed by atoms with Gasteiger partial charge in [-0.05, 0) is 36.5 Å².